The van der Waals surface area contributed by atoms with Crippen molar-refractivity contribution in [2.75, 3.05) is 6.61 Å². The van der Waals surface area contributed by atoms with Crippen molar-refractivity contribution in [2.24, 2.45) is 0 Å². The van der Waals surface area contributed by atoms with Crippen molar-refractivity contribution in [1.82, 2.24) is 4.72 Å². The third kappa shape index (κ3) is 6.83. The van der Waals surface area contributed by atoms with Crippen LogP contribution >= 0.6 is 27.5 Å². The first-order chi connectivity index (χ1) is 11.1. The van der Waals surface area contributed by atoms with Gasteiger partial charge in [0.05, 0.1) is 6.61 Å². The Balaban J connectivity index is 3.07. The Morgan fingerprint density at radius 2 is 1.80 bits per heavy atom. The fraction of sp³-hybridized carbons (Fsp3) is 0.667. The minimum absolute atomic E-state index is 0.115. The van der Waals surface area contributed by atoms with Gasteiger partial charge in [0.2, 0.25) is 0 Å². The standard InChI is InChI=1S/C18H31BrClNO2SSi/c1-17(2,3)24(22)21-16(12-23-25(7,8)18(4,5)6)14-10-9-13(19)11-15(14)20/h9-11,16,21H,12H2,1-8H3/t16?,24-/m0/s1. The minimum Gasteiger partial charge on any atom is -0.598 e. The fourth-order valence-corrected chi connectivity index (χ4v) is 4.41. The molecule has 0 bridgehead atoms. The highest BCUT2D eigenvalue weighted by molar-refractivity contribution is 9.10. The van der Waals surface area contributed by atoms with Crippen molar-refractivity contribution in [3.8, 4) is 0 Å². The van der Waals surface area contributed by atoms with Gasteiger partial charge in [0.1, 0.15) is 10.8 Å². The summed E-state index contributed by atoms with van der Waals surface area (Å²) in [4.78, 5) is 0. The fourth-order valence-electron chi connectivity index (χ4n) is 1.79. The number of hydrogen-bond donors (Lipinski definition) is 1. The van der Waals surface area contributed by atoms with Crippen LogP contribution in [0, 0.1) is 0 Å². The maximum atomic E-state index is 12.7. The summed E-state index contributed by atoms with van der Waals surface area (Å²) in [6, 6.07) is 5.54. The predicted molar refractivity (Wildman–Crippen MR) is 116 cm³/mol. The second kappa shape index (κ2) is 8.63. The van der Waals surface area contributed by atoms with Crippen molar-refractivity contribution in [2.45, 2.75) is 70.5 Å². The Morgan fingerprint density at radius 1 is 1.24 bits per heavy atom. The largest absolute Gasteiger partial charge is 0.598 e. The molecule has 1 aromatic rings. The molecule has 0 aliphatic rings. The first-order valence-corrected chi connectivity index (χ1v) is 13.6. The summed E-state index contributed by atoms with van der Waals surface area (Å²) in [5, 5.41) is 0.751. The normalized spacial score (nSPS) is 16.0. The highest BCUT2D eigenvalue weighted by Crippen LogP contribution is 2.38. The summed E-state index contributed by atoms with van der Waals surface area (Å²) < 4.78 is 22.8. The van der Waals surface area contributed by atoms with Gasteiger partial charge in [-0.15, -0.1) is 4.72 Å². The van der Waals surface area contributed by atoms with Gasteiger partial charge in [-0.2, -0.15) is 0 Å². The Bertz CT molecular complexity index is 587. The smallest absolute Gasteiger partial charge is 0.192 e. The van der Waals surface area contributed by atoms with Crippen LogP contribution in [0.1, 0.15) is 53.1 Å². The summed E-state index contributed by atoms with van der Waals surface area (Å²) in [6.07, 6.45) is 0. The maximum absolute atomic E-state index is 12.7. The van der Waals surface area contributed by atoms with E-state index < -0.39 is 19.7 Å². The van der Waals surface area contributed by atoms with Gasteiger partial charge in [-0.3, -0.25) is 0 Å². The molecule has 0 aromatic heterocycles. The lowest BCUT2D eigenvalue weighted by molar-refractivity contribution is 0.256. The highest BCUT2D eigenvalue weighted by Gasteiger charge is 2.39. The van der Waals surface area contributed by atoms with Gasteiger partial charge in [-0.25, -0.2) is 0 Å². The molecular weight excluding hydrogens is 438 g/mol. The van der Waals surface area contributed by atoms with Crippen LogP contribution in [0.5, 0.6) is 0 Å². The topological polar surface area (TPSA) is 44.3 Å². The molecule has 1 unspecified atom stereocenters. The molecule has 0 aliphatic carbocycles. The first kappa shape index (κ1) is 23.5. The van der Waals surface area contributed by atoms with E-state index in [1.165, 1.54) is 0 Å². The van der Waals surface area contributed by atoms with E-state index >= 15 is 0 Å². The molecule has 0 heterocycles. The van der Waals surface area contributed by atoms with Crippen LogP contribution in [0.25, 0.3) is 0 Å². The molecule has 1 rings (SSSR count). The van der Waals surface area contributed by atoms with Crippen LogP contribution in [0.2, 0.25) is 23.2 Å². The predicted octanol–water partition coefficient (Wildman–Crippen LogP) is 6.22. The molecule has 0 saturated heterocycles. The number of halogens is 2. The van der Waals surface area contributed by atoms with Gasteiger partial charge in [0.25, 0.3) is 0 Å². The zero-order valence-corrected chi connectivity index (χ0v) is 20.7. The molecule has 25 heavy (non-hydrogen) atoms. The van der Waals surface area contributed by atoms with E-state index in [4.69, 9.17) is 16.0 Å². The summed E-state index contributed by atoms with van der Waals surface area (Å²) >= 11 is 8.67. The zero-order chi connectivity index (χ0) is 19.6. The molecule has 3 nitrogen and oxygen atoms in total. The molecule has 1 N–H and O–H groups in total. The number of hydrogen-bond acceptors (Lipinski definition) is 3. The first-order valence-electron chi connectivity index (χ1n) is 8.42. The Morgan fingerprint density at radius 3 is 2.24 bits per heavy atom. The van der Waals surface area contributed by atoms with E-state index in [0.29, 0.717) is 11.6 Å². The Labute approximate surface area is 170 Å². The molecule has 7 heteroatoms. The van der Waals surface area contributed by atoms with Gasteiger partial charge in [-0.05, 0) is 56.6 Å². The minimum atomic E-state index is -1.92. The lowest BCUT2D eigenvalue weighted by Gasteiger charge is -2.38. The lowest BCUT2D eigenvalue weighted by Crippen LogP contribution is -2.46. The van der Waals surface area contributed by atoms with Crippen molar-refractivity contribution >= 4 is 47.2 Å². The molecule has 0 aliphatic heterocycles. The number of benzene rings is 1. The molecule has 144 valence electrons. The van der Waals surface area contributed by atoms with E-state index in [1.807, 2.05) is 39.0 Å². The van der Waals surface area contributed by atoms with Crippen molar-refractivity contribution < 1.29 is 8.98 Å². The summed E-state index contributed by atoms with van der Waals surface area (Å²) in [6.45, 7) is 17.4. The molecule has 0 radical (unpaired) electrons. The zero-order valence-electron chi connectivity index (χ0n) is 16.5. The molecule has 0 spiro atoms. The van der Waals surface area contributed by atoms with Crippen molar-refractivity contribution in [1.29, 1.82) is 0 Å². The van der Waals surface area contributed by atoms with Crippen LogP contribution in [0.4, 0.5) is 0 Å². The van der Waals surface area contributed by atoms with Gasteiger partial charge < -0.3 is 8.98 Å². The molecule has 0 fully saturated rings. The van der Waals surface area contributed by atoms with Crippen molar-refractivity contribution in [3.63, 3.8) is 0 Å². The molecule has 1 aromatic carbocycles. The molecule has 0 amide bonds. The van der Waals surface area contributed by atoms with Gasteiger partial charge in [0, 0.05) is 20.9 Å². The number of rotatable bonds is 6. The van der Waals surface area contributed by atoms with E-state index in [9.17, 15) is 4.55 Å². The molecule has 0 saturated carbocycles. The SMILES string of the molecule is CC(C)(C)[S@+]([O-])NC(CO[Si](C)(C)C(C)(C)C)c1ccc(Br)cc1Cl. The maximum Gasteiger partial charge on any atom is 0.192 e. The van der Waals surface area contributed by atoms with Crippen molar-refractivity contribution in [3.05, 3.63) is 33.3 Å². The van der Waals surface area contributed by atoms with Gasteiger partial charge in [0.15, 0.2) is 8.32 Å². The van der Waals surface area contributed by atoms with Crippen LogP contribution < -0.4 is 4.72 Å². The van der Waals surface area contributed by atoms with E-state index in [0.717, 1.165) is 10.0 Å². The Kier molecular flexibility index (Phi) is 8.10. The molecule has 2 atom stereocenters. The second-order valence-electron chi connectivity index (χ2n) is 8.79. The third-order valence-electron chi connectivity index (χ3n) is 4.56. The van der Waals surface area contributed by atoms with E-state index in [1.54, 1.807) is 0 Å². The number of nitrogens with one attached hydrogen (secondary N) is 1. The lowest BCUT2D eigenvalue weighted by atomic mass is 10.1. The third-order valence-corrected chi connectivity index (χ3v) is 11.5. The quantitative estimate of drug-likeness (QED) is 0.398. The summed E-state index contributed by atoms with van der Waals surface area (Å²) in [5.74, 6) is 0. The average molecular weight is 469 g/mol. The second-order valence-corrected chi connectivity index (χ2v) is 16.9. The monoisotopic (exact) mass is 467 g/mol. The van der Waals surface area contributed by atoms with Crippen LogP contribution in [0.3, 0.4) is 0 Å². The van der Waals surface area contributed by atoms with Gasteiger partial charge >= 0.3 is 0 Å². The van der Waals surface area contributed by atoms with Gasteiger partial charge in [-0.1, -0.05) is 54.4 Å². The Hall–Kier alpha value is 0.437. The van der Waals surface area contributed by atoms with E-state index in [2.05, 4.69) is 54.5 Å². The average Bonchev–Trinajstić information content (AvgIpc) is 2.41. The van der Waals surface area contributed by atoms with Crippen LogP contribution in [0.15, 0.2) is 22.7 Å². The summed E-state index contributed by atoms with van der Waals surface area (Å²) in [7, 11) is -1.92. The molecular formula is C18H31BrClNO2SSi. The summed E-state index contributed by atoms with van der Waals surface area (Å²) in [5.41, 5.74) is 0.904. The van der Waals surface area contributed by atoms with E-state index in [-0.39, 0.29) is 15.8 Å². The highest BCUT2D eigenvalue weighted by atomic mass is 79.9. The van der Waals surface area contributed by atoms with Crippen LogP contribution in [-0.4, -0.2) is 24.2 Å². The van der Waals surface area contributed by atoms with Crippen LogP contribution in [-0.2, 0) is 15.8 Å².